The number of amides is 4. The van der Waals surface area contributed by atoms with Crippen molar-refractivity contribution in [2.45, 2.75) is 104 Å². The molecule has 4 amide bonds. The molecule has 0 saturated carbocycles. The largest absolute Gasteiger partial charge is 0.508 e. The molecule has 0 radical (unpaired) electrons. The molecule has 10 heteroatoms. The van der Waals surface area contributed by atoms with Crippen LogP contribution < -0.4 is 16.4 Å². The van der Waals surface area contributed by atoms with Crippen molar-refractivity contribution in [2.75, 3.05) is 0 Å². The van der Waals surface area contributed by atoms with Crippen molar-refractivity contribution in [3.63, 3.8) is 0 Å². The maximum atomic E-state index is 14.0. The summed E-state index contributed by atoms with van der Waals surface area (Å²) in [5.41, 5.74) is 5.57. The summed E-state index contributed by atoms with van der Waals surface area (Å²) >= 11 is 0. The van der Waals surface area contributed by atoms with Crippen LogP contribution in [0.5, 0.6) is 5.75 Å². The van der Waals surface area contributed by atoms with Crippen molar-refractivity contribution in [2.24, 2.45) is 5.73 Å². The Morgan fingerprint density at radius 3 is 2.19 bits per heavy atom. The molecular formula is C26H42N4O6. The van der Waals surface area contributed by atoms with Crippen LogP contribution in [-0.2, 0) is 19.1 Å². The lowest BCUT2D eigenvalue weighted by atomic mass is 9.97. The van der Waals surface area contributed by atoms with Gasteiger partial charge in [-0.2, -0.15) is 0 Å². The molecule has 0 bridgehead atoms. The molecule has 0 heterocycles. The summed E-state index contributed by atoms with van der Waals surface area (Å²) in [7, 11) is 0. The number of benzene rings is 1. The van der Waals surface area contributed by atoms with Crippen LogP contribution in [0.25, 0.3) is 0 Å². The number of aryl methyl sites for hydroxylation is 1. The first-order valence-electron chi connectivity index (χ1n) is 12.3. The molecule has 0 aliphatic rings. The van der Waals surface area contributed by atoms with E-state index in [9.17, 15) is 24.3 Å². The highest BCUT2D eigenvalue weighted by atomic mass is 16.6. The first-order chi connectivity index (χ1) is 16.6. The van der Waals surface area contributed by atoms with E-state index in [4.69, 9.17) is 10.5 Å². The van der Waals surface area contributed by atoms with Gasteiger partial charge in [0.15, 0.2) is 0 Å². The zero-order chi connectivity index (χ0) is 27.8. The molecule has 36 heavy (non-hydrogen) atoms. The zero-order valence-electron chi connectivity index (χ0n) is 22.7. The minimum absolute atomic E-state index is 0.0620. The third-order valence-corrected chi connectivity index (χ3v) is 5.48. The van der Waals surface area contributed by atoms with Gasteiger partial charge in [-0.3, -0.25) is 14.4 Å². The van der Waals surface area contributed by atoms with Crippen LogP contribution >= 0.6 is 0 Å². The number of hydrogen-bond acceptors (Lipinski definition) is 6. The lowest BCUT2D eigenvalue weighted by Gasteiger charge is -2.38. The monoisotopic (exact) mass is 506 g/mol. The van der Waals surface area contributed by atoms with Gasteiger partial charge >= 0.3 is 6.09 Å². The molecule has 0 fully saturated rings. The summed E-state index contributed by atoms with van der Waals surface area (Å²) in [6.07, 6.45) is -0.517. The van der Waals surface area contributed by atoms with Gasteiger partial charge in [-0.05, 0) is 84.6 Å². The molecule has 0 spiro atoms. The Labute approximate surface area is 213 Å². The van der Waals surface area contributed by atoms with E-state index >= 15 is 0 Å². The summed E-state index contributed by atoms with van der Waals surface area (Å²) in [6, 6.07) is 1.91. The highest BCUT2D eigenvalue weighted by Gasteiger charge is 2.38. The van der Waals surface area contributed by atoms with Gasteiger partial charge in [0.25, 0.3) is 0 Å². The van der Waals surface area contributed by atoms with Gasteiger partial charge in [-0.15, -0.1) is 0 Å². The maximum Gasteiger partial charge on any atom is 0.408 e. The molecule has 202 valence electrons. The second-order valence-electron chi connectivity index (χ2n) is 10.3. The fourth-order valence-electron chi connectivity index (χ4n) is 3.62. The first kappa shape index (κ1) is 30.7. The van der Waals surface area contributed by atoms with E-state index in [0.717, 1.165) is 0 Å². The summed E-state index contributed by atoms with van der Waals surface area (Å²) in [6.45, 7) is 14.1. The Kier molecular flexibility index (Phi) is 11.2. The number of nitrogens with one attached hydrogen (secondary N) is 2. The highest BCUT2D eigenvalue weighted by molar-refractivity contribution is 5.92. The predicted octanol–water partition coefficient (Wildman–Crippen LogP) is 3.05. The number of aromatic hydroxyl groups is 1. The number of nitrogens with two attached hydrogens (primary N) is 1. The van der Waals surface area contributed by atoms with Crippen molar-refractivity contribution in [3.8, 4) is 5.75 Å². The number of ether oxygens (including phenoxy) is 1. The quantitative estimate of drug-likeness (QED) is 0.362. The van der Waals surface area contributed by atoms with Gasteiger partial charge in [-0.1, -0.05) is 13.0 Å². The Bertz CT molecular complexity index is 941. The Balaban J connectivity index is 3.58. The van der Waals surface area contributed by atoms with Crippen LogP contribution in [-0.4, -0.2) is 57.5 Å². The molecule has 1 aromatic carbocycles. The molecule has 0 aliphatic carbocycles. The molecule has 1 rings (SSSR count). The second-order valence-corrected chi connectivity index (χ2v) is 10.3. The van der Waals surface area contributed by atoms with Gasteiger partial charge in [-0.25, -0.2) is 4.79 Å². The van der Waals surface area contributed by atoms with Crippen LogP contribution in [0.1, 0.15) is 84.9 Å². The average molecular weight is 507 g/mol. The van der Waals surface area contributed by atoms with Gasteiger partial charge in [0.1, 0.15) is 23.4 Å². The van der Waals surface area contributed by atoms with Gasteiger partial charge in [0.05, 0.1) is 0 Å². The van der Waals surface area contributed by atoms with Gasteiger partial charge in [0.2, 0.25) is 17.7 Å². The number of carbonyl (C=O) groups is 4. The van der Waals surface area contributed by atoms with E-state index in [2.05, 4.69) is 10.6 Å². The number of nitrogens with zero attached hydrogens (tertiary/aromatic N) is 1. The fourth-order valence-corrected chi connectivity index (χ4v) is 3.62. The van der Waals surface area contributed by atoms with Crippen molar-refractivity contribution in [1.82, 2.24) is 15.5 Å². The third kappa shape index (κ3) is 9.39. The summed E-state index contributed by atoms with van der Waals surface area (Å²) < 4.78 is 5.32. The summed E-state index contributed by atoms with van der Waals surface area (Å²) in [5.74, 6) is -1.52. The second kappa shape index (κ2) is 13.1. The lowest BCUT2D eigenvalue weighted by molar-refractivity contribution is -0.145. The van der Waals surface area contributed by atoms with Crippen LogP contribution in [0.2, 0.25) is 0 Å². The van der Waals surface area contributed by atoms with Crippen LogP contribution in [0.4, 0.5) is 4.79 Å². The lowest BCUT2D eigenvalue weighted by Crippen LogP contribution is -2.56. The fraction of sp³-hybridized carbons (Fsp3) is 0.615. The van der Waals surface area contributed by atoms with Crippen molar-refractivity contribution >= 4 is 23.8 Å². The normalized spacial score (nSPS) is 13.9. The summed E-state index contributed by atoms with van der Waals surface area (Å²) in [4.78, 5) is 52.9. The van der Waals surface area contributed by atoms with Gasteiger partial charge in [0, 0.05) is 18.5 Å². The smallest absolute Gasteiger partial charge is 0.408 e. The van der Waals surface area contributed by atoms with E-state index < -0.39 is 47.5 Å². The molecule has 0 aromatic heterocycles. The number of primary amides is 1. The molecule has 3 atom stereocenters. The summed E-state index contributed by atoms with van der Waals surface area (Å²) in [5, 5.41) is 15.5. The zero-order valence-corrected chi connectivity index (χ0v) is 22.7. The molecule has 10 nitrogen and oxygen atoms in total. The van der Waals surface area contributed by atoms with Crippen molar-refractivity contribution < 1.29 is 29.0 Å². The van der Waals surface area contributed by atoms with E-state index in [0.29, 0.717) is 17.5 Å². The predicted molar refractivity (Wildman–Crippen MR) is 137 cm³/mol. The number of phenolic OH excluding ortho intramolecular Hbond substituents is 1. The highest BCUT2D eigenvalue weighted by Crippen LogP contribution is 2.30. The standard InChI is InChI=1S/C26H42N4O6/c1-9-17(5)30(22(23(33)28-15(2)3)18-10-12-20(31)16(4)14-18)24(34)19(11-13-21(27)32)29-25(35)36-26(6,7)8/h10,12,14-15,17,19,22,31H,9,11,13H2,1-8H3,(H2,27,32)(H,28,33)(H,29,35). The maximum absolute atomic E-state index is 14.0. The molecule has 0 saturated heterocycles. The number of carbonyl (C=O) groups excluding carboxylic acids is 4. The topological polar surface area (TPSA) is 151 Å². The third-order valence-electron chi connectivity index (χ3n) is 5.48. The molecule has 5 N–H and O–H groups in total. The Hall–Kier alpha value is -3.30. The van der Waals surface area contributed by atoms with E-state index in [1.807, 2.05) is 20.8 Å². The molecule has 3 unspecified atom stereocenters. The van der Waals surface area contributed by atoms with Crippen LogP contribution in [0.3, 0.4) is 0 Å². The Morgan fingerprint density at radius 1 is 1.11 bits per heavy atom. The minimum Gasteiger partial charge on any atom is -0.508 e. The number of hydrogen-bond donors (Lipinski definition) is 4. The first-order valence-corrected chi connectivity index (χ1v) is 12.3. The SMILES string of the molecule is CCC(C)N(C(=O)C(CCC(N)=O)NC(=O)OC(C)(C)C)C(C(=O)NC(C)C)c1ccc(O)c(C)c1. The van der Waals surface area contributed by atoms with Crippen LogP contribution in [0.15, 0.2) is 18.2 Å². The van der Waals surface area contributed by atoms with E-state index in [-0.39, 0.29) is 24.6 Å². The molecule has 1 aromatic rings. The Morgan fingerprint density at radius 2 is 1.72 bits per heavy atom. The van der Waals surface area contributed by atoms with Crippen molar-refractivity contribution in [3.05, 3.63) is 29.3 Å². The number of rotatable bonds is 11. The van der Waals surface area contributed by atoms with Crippen LogP contribution in [0, 0.1) is 6.92 Å². The molecule has 0 aliphatic heterocycles. The molecular weight excluding hydrogens is 464 g/mol. The average Bonchev–Trinajstić information content (AvgIpc) is 2.74. The van der Waals surface area contributed by atoms with Gasteiger partial charge < -0.3 is 31.1 Å². The van der Waals surface area contributed by atoms with E-state index in [1.54, 1.807) is 46.8 Å². The number of phenols is 1. The number of alkyl carbamates (subject to hydrolysis) is 1. The van der Waals surface area contributed by atoms with E-state index in [1.165, 1.54) is 11.0 Å². The van der Waals surface area contributed by atoms with Crippen molar-refractivity contribution in [1.29, 1.82) is 0 Å². The minimum atomic E-state index is -1.16.